The van der Waals surface area contributed by atoms with Gasteiger partial charge in [0.25, 0.3) is 0 Å². The largest absolute Gasteiger partial charge is 0.481 e. The van der Waals surface area contributed by atoms with E-state index in [1.165, 1.54) is 0 Å². The summed E-state index contributed by atoms with van der Waals surface area (Å²) in [5.74, 6) is -0.697. The minimum absolute atomic E-state index is 0.381. The van der Waals surface area contributed by atoms with Crippen LogP contribution in [-0.4, -0.2) is 22.2 Å². The molecule has 0 aliphatic heterocycles. The number of hydrogen-bond donors (Lipinski definition) is 2. The van der Waals surface area contributed by atoms with Gasteiger partial charge in [0.15, 0.2) is 0 Å². The van der Waals surface area contributed by atoms with E-state index in [0.29, 0.717) is 12.1 Å². The molecule has 0 spiro atoms. The van der Waals surface area contributed by atoms with Crippen molar-refractivity contribution in [3.05, 3.63) is 34.9 Å². The Bertz CT molecular complexity index is 540. The normalized spacial score (nSPS) is 9.29. The maximum absolute atomic E-state index is 13.2. The molecule has 4 nitrogen and oxygen atoms in total. The zero-order valence-corrected chi connectivity index (χ0v) is 8.33. The van der Waals surface area contributed by atoms with Gasteiger partial charge in [-0.15, -0.1) is 0 Å². The highest BCUT2D eigenvalue weighted by Crippen LogP contribution is 2.14. The molecule has 0 radical (unpaired) electrons. The van der Waals surface area contributed by atoms with E-state index in [0.717, 1.165) is 0 Å². The Labute approximate surface area is 94.5 Å². The van der Waals surface area contributed by atoms with Crippen molar-refractivity contribution in [3.63, 3.8) is 0 Å². The Balaban J connectivity index is 3.10. The summed E-state index contributed by atoms with van der Waals surface area (Å²) in [5.41, 5.74) is -1.18. The number of aromatic carboxylic acids is 1. The monoisotopic (exact) mass is 240 g/mol. The van der Waals surface area contributed by atoms with Gasteiger partial charge in [-0.2, -0.15) is 0 Å². The number of rotatable bonds is 2. The van der Waals surface area contributed by atoms with E-state index in [2.05, 4.69) is 11.8 Å². The van der Waals surface area contributed by atoms with Crippen LogP contribution < -0.4 is 0 Å². The molecule has 6 heteroatoms. The van der Waals surface area contributed by atoms with Crippen LogP contribution in [0.5, 0.6) is 0 Å². The Morgan fingerprint density at radius 2 is 1.82 bits per heavy atom. The highest BCUT2D eigenvalue weighted by atomic mass is 19.1. The van der Waals surface area contributed by atoms with E-state index in [9.17, 15) is 18.4 Å². The van der Waals surface area contributed by atoms with Gasteiger partial charge in [0, 0.05) is 0 Å². The molecule has 1 aromatic carbocycles. The summed E-state index contributed by atoms with van der Waals surface area (Å²) in [7, 11) is 0. The highest BCUT2D eigenvalue weighted by molar-refractivity contribution is 5.88. The van der Waals surface area contributed by atoms with Gasteiger partial charge in [-0.25, -0.2) is 13.6 Å². The van der Waals surface area contributed by atoms with E-state index in [1.807, 2.05) is 0 Å². The number of hydrogen-bond acceptors (Lipinski definition) is 2. The standard InChI is InChI=1S/C11H6F2O4/c12-8-5-7(11(16)17)9(13)4-6(8)2-1-3-10(14)15/h4-5H,3H2,(H,14,15)(H,16,17). The fraction of sp³-hybridized carbons (Fsp3) is 0.0909. The first-order valence-electron chi connectivity index (χ1n) is 4.35. The summed E-state index contributed by atoms with van der Waals surface area (Å²) >= 11 is 0. The van der Waals surface area contributed by atoms with Gasteiger partial charge in [-0.1, -0.05) is 11.8 Å². The SMILES string of the molecule is O=C(O)CC#Cc1cc(F)c(C(=O)O)cc1F. The van der Waals surface area contributed by atoms with Crippen LogP contribution in [0.2, 0.25) is 0 Å². The van der Waals surface area contributed by atoms with Crippen molar-refractivity contribution in [2.24, 2.45) is 0 Å². The average molecular weight is 240 g/mol. The summed E-state index contributed by atoms with van der Waals surface area (Å²) < 4.78 is 26.4. The average Bonchev–Trinajstić information content (AvgIpc) is 2.21. The molecule has 0 aliphatic rings. The Hall–Kier alpha value is -2.42. The molecule has 0 bridgehead atoms. The second-order valence-electron chi connectivity index (χ2n) is 2.99. The lowest BCUT2D eigenvalue weighted by molar-refractivity contribution is -0.135. The number of carbonyl (C=O) groups is 2. The van der Waals surface area contributed by atoms with Crippen LogP contribution in [-0.2, 0) is 4.79 Å². The molecule has 0 fully saturated rings. The van der Waals surface area contributed by atoms with Gasteiger partial charge in [-0.3, -0.25) is 4.79 Å². The Morgan fingerprint density at radius 1 is 1.18 bits per heavy atom. The molecule has 0 saturated carbocycles. The van der Waals surface area contributed by atoms with Crippen molar-refractivity contribution in [3.8, 4) is 11.8 Å². The third kappa shape index (κ3) is 3.28. The number of aliphatic carboxylic acids is 1. The van der Waals surface area contributed by atoms with Crippen LogP contribution in [0.15, 0.2) is 12.1 Å². The van der Waals surface area contributed by atoms with Crippen molar-refractivity contribution in [2.75, 3.05) is 0 Å². The highest BCUT2D eigenvalue weighted by Gasteiger charge is 2.14. The summed E-state index contributed by atoms with van der Waals surface area (Å²) in [6.45, 7) is 0. The first-order valence-corrected chi connectivity index (χ1v) is 4.35. The molecular formula is C11H6F2O4. The van der Waals surface area contributed by atoms with E-state index in [-0.39, 0.29) is 5.56 Å². The lowest BCUT2D eigenvalue weighted by Gasteiger charge is -1.99. The second-order valence-corrected chi connectivity index (χ2v) is 2.99. The van der Waals surface area contributed by atoms with Gasteiger partial charge in [0.1, 0.15) is 18.1 Å². The molecule has 1 aromatic rings. The number of carboxylic acids is 2. The predicted molar refractivity (Wildman–Crippen MR) is 52.4 cm³/mol. The lowest BCUT2D eigenvalue weighted by Crippen LogP contribution is -2.02. The van der Waals surface area contributed by atoms with Gasteiger partial charge in [0.2, 0.25) is 0 Å². The van der Waals surface area contributed by atoms with Gasteiger partial charge in [0.05, 0.1) is 11.1 Å². The van der Waals surface area contributed by atoms with Gasteiger partial charge >= 0.3 is 11.9 Å². The first kappa shape index (κ1) is 12.6. The summed E-state index contributed by atoms with van der Waals surface area (Å²) in [5, 5.41) is 16.8. The molecule has 0 aromatic heterocycles. The summed E-state index contributed by atoms with van der Waals surface area (Å²) in [4.78, 5) is 20.6. The predicted octanol–water partition coefficient (Wildman–Crippen LogP) is 1.49. The smallest absolute Gasteiger partial charge is 0.338 e. The molecule has 2 N–H and O–H groups in total. The quantitative estimate of drug-likeness (QED) is 0.768. The topological polar surface area (TPSA) is 74.6 Å². The molecule has 0 saturated heterocycles. The van der Waals surface area contributed by atoms with Crippen LogP contribution in [0.25, 0.3) is 0 Å². The fourth-order valence-corrected chi connectivity index (χ4v) is 1.02. The Morgan fingerprint density at radius 3 is 2.35 bits per heavy atom. The van der Waals surface area contributed by atoms with Crippen molar-refractivity contribution in [2.45, 2.75) is 6.42 Å². The number of halogens is 2. The van der Waals surface area contributed by atoms with Crippen LogP contribution in [0.3, 0.4) is 0 Å². The molecule has 0 heterocycles. The van der Waals surface area contributed by atoms with Gasteiger partial charge < -0.3 is 10.2 Å². The molecular weight excluding hydrogens is 234 g/mol. The lowest BCUT2D eigenvalue weighted by atomic mass is 10.1. The maximum atomic E-state index is 13.2. The van der Waals surface area contributed by atoms with Crippen LogP contribution in [0.1, 0.15) is 22.3 Å². The summed E-state index contributed by atoms with van der Waals surface area (Å²) in [6, 6.07) is 1.12. The van der Waals surface area contributed by atoms with Gasteiger partial charge in [-0.05, 0) is 12.1 Å². The van der Waals surface area contributed by atoms with Crippen molar-refractivity contribution in [1.29, 1.82) is 0 Å². The number of benzene rings is 1. The fourth-order valence-electron chi connectivity index (χ4n) is 1.02. The van der Waals surface area contributed by atoms with Crippen LogP contribution in [0.4, 0.5) is 8.78 Å². The molecule has 0 aliphatic carbocycles. The van der Waals surface area contributed by atoms with Crippen molar-refractivity contribution in [1.82, 2.24) is 0 Å². The third-order valence-electron chi connectivity index (χ3n) is 1.75. The Kier molecular flexibility index (Phi) is 3.78. The van der Waals surface area contributed by atoms with E-state index >= 15 is 0 Å². The molecule has 0 amide bonds. The first-order chi connectivity index (χ1) is 7.91. The van der Waals surface area contributed by atoms with E-state index in [4.69, 9.17) is 10.2 Å². The third-order valence-corrected chi connectivity index (χ3v) is 1.75. The minimum atomic E-state index is -1.59. The minimum Gasteiger partial charge on any atom is -0.481 e. The second kappa shape index (κ2) is 5.07. The summed E-state index contributed by atoms with van der Waals surface area (Å²) in [6.07, 6.45) is -0.512. The van der Waals surface area contributed by atoms with E-state index in [1.54, 1.807) is 0 Å². The van der Waals surface area contributed by atoms with Crippen LogP contribution >= 0.6 is 0 Å². The molecule has 1 rings (SSSR count). The maximum Gasteiger partial charge on any atom is 0.338 e. The van der Waals surface area contributed by atoms with Crippen molar-refractivity contribution < 1.29 is 28.6 Å². The molecule has 88 valence electrons. The number of carboxylic acid groups (broad SMARTS) is 2. The zero-order chi connectivity index (χ0) is 13.0. The molecule has 17 heavy (non-hydrogen) atoms. The van der Waals surface area contributed by atoms with Crippen molar-refractivity contribution >= 4 is 11.9 Å². The molecule has 0 atom stereocenters. The molecule has 0 unspecified atom stereocenters. The zero-order valence-electron chi connectivity index (χ0n) is 8.33. The van der Waals surface area contributed by atoms with Crippen LogP contribution in [0, 0.1) is 23.5 Å². The van der Waals surface area contributed by atoms with E-state index < -0.39 is 35.6 Å².